The van der Waals surface area contributed by atoms with Crippen molar-refractivity contribution in [1.29, 1.82) is 0 Å². The molecule has 21 heavy (non-hydrogen) atoms. The van der Waals surface area contributed by atoms with Gasteiger partial charge in [0.15, 0.2) is 0 Å². The lowest BCUT2D eigenvalue weighted by atomic mass is 10.3. The minimum atomic E-state index is -3.71. The summed E-state index contributed by atoms with van der Waals surface area (Å²) in [5.74, 6) is 0. The first-order valence-corrected chi connectivity index (χ1v) is 7.85. The highest BCUT2D eigenvalue weighted by molar-refractivity contribution is 7.89. The number of hydrogen-bond acceptors (Lipinski definition) is 5. The van der Waals surface area contributed by atoms with Crippen molar-refractivity contribution in [2.45, 2.75) is 18.7 Å². The molecule has 0 saturated heterocycles. The van der Waals surface area contributed by atoms with E-state index in [2.05, 4.69) is 9.62 Å². The second-order valence-electron chi connectivity index (χ2n) is 4.18. The lowest BCUT2D eigenvalue weighted by molar-refractivity contribution is -0.385. The van der Waals surface area contributed by atoms with Gasteiger partial charge in [0.1, 0.15) is 0 Å². The van der Waals surface area contributed by atoms with Crippen LogP contribution in [0.5, 0.6) is 0 Å². The Labute approximate surface area is 130 Å². The molecule has 0 spiro atoms. The lowest BCUT2D eigenvalue weighted by Crippen LogP contribution is -2.34. The zero-order valence-corrected chi connectivity index (χ0v) is 13.6. The van der Waals surface area contributed by atoms with E-state index in [9.17, 15) is 18.5 Å². The van der Waals surface area contributed by atoms with Gasteiger partial charge in [-0.3, -0.25) is 10.1 Å². The monoisotopic (exact) mass is 337 g/mol. The molecule has 0 saturated carbocycles. The summed E-state index contributed by atoms with van der Waals surface area (Å²) in [5.41, 5.74) is -0.239. The van der Waals surface area contributed by atoms with Crippen molar-refractivity contribution in [2.75, 3.05) is 26.2 Å². The van der Waals surface area contributed by atoms with E-state index < -0.39 is 14.9 Å². The van der Waals surface area contributed by atoms with Gasteiger partial charge in [-0.05, 0) is 19.2 Å². The number of nitro benzene ring substituents is 1. The minimum Gasteiger partial charge on any atom is -0.303 e. The van der Waals surface area contributed by atoms with Gasteiger partial charge in [-0.15, -0.1) is 12.4 Å². The van der Waals surface area contributed by atoms with Crippen LogP contribution in [-0.4, -0.2) is 44.4 Å². The van der Waals surface area contributed by atoms with Gasteiger partial charge in [0, 0.05) is 25.2 Å². The number of halogens is 1. The van der Waals surface area contributed by atoms with Crippen LogP contribution in [0.2, 0.25) is 0 Å². The first-order valence-electron chi connectivity index (χ1n) is 6.37. The van der Waals surface area contributed by atoms with Gasteiger partial charge >= 0.3 is 0 Å². The molecule has 1 N–H and O–H groups in total. The van der Waals surface area contributed by atoms with Gasteiger partial charge in [-0.2, -0.15) is 0 Å². The van der Waals surface area contributed by atoms with Crippen LogP contribution in [0.1, 0.15) is 13.8 Å². The van der Waals surface area contributed by atoms with Gasteiger partial charge in [-0.1, -0.05) is 19.9 Å². The van der Waals surface area contributed by atoms with Gasteiger partial charge in [0.25, 0.3) is 5.69 Å². The standard InChI is InChI=1S/C12H19N3O4S.ClH/c1-3-14(4-2)9-8-13-20(18,19)12-7-5-6-11(10-12)15(16)17;/h5-7,10,13H,3-4,8-9H2,1-2H3;1H. The fraction of sp³-hybridized carbons (Fsp3) is 0.500. The average molecular weight is 338 g/mol. The third kappa shape index (κ3) is 5.96. The molecule has 0 aliphatic rings. The van der Waals surface area contributed by atoms with Crippen molar-refractivity contribution in [3.8, 4) is 0 Å². The maximum atomic E-state index is 12.0. The molecule has 0 atom stereocenters. The summed E-state index contributed by atoms with van der Waals surface area (Å²) in [6.07, 6.45) is 0. The molecular formula is C12H20ClN3O4S. The molecule has 1 aromatic rings. The maximum absolute atomic E-state index is 12.0. The number of sulfonamides is 1. The van der Waals surface area contributed by atoms with Crippen molar-refractivity contribution >= 4 is 28.1 Å². The molecule has 1 rings (SSSR count). The predicted molar refractivity (Wildman–Crippen MR) is 83.3 cm³/mol. The average Bonchev–Trinajstić information content (AvgIpc) is 2.43. The topological polar surface area (TPSA) is 92.6 Å². The van der Waals surface area contributed by atoms with Gasteiger partial charge in [0.2, 0.25) is 10.0 Å². The van der Waals surface area contributed by atoms with E-state index in [1.807, 2.05) is 13.8 Å². The van der Waals surface area contributed by atoms with E-state index >= 15 is 0 Å². The van der Waals surface area contributed by atoms with Gasteiger partial charge in [0.05, 0.1) is 9.82 Å². The summed E-state index contributed by atoms with van der Waals surface area (Å²) in [5, 5.41) is 10.6. The number of nitrogens with zero attached hydrogens (tertiary/aromatic N) is 2. The van der Waals surface area contributed by atoms with Crippen molar-refractivity contribution in [1.82, 2.24) is 9.62 Å². The molecule has 0 fully saturated rings. The van der Waals surface area contributed by atoms with E-state index in [0.717, 1.165) is 19.2 Å². The molecule has 0 unspecified atom stereocenters. The number of rotatable bonds is 8. The lowest BCUT2D eigenvalue weighted by Gasteiger charge is -2.17. The fourth-order valence-electron chi connectivity index (χ4n) is 1.73. The summed E-state index contributed by atoms with van der Waals surface area (Å²) >= 11 is 0. The van der Waals surface area contributed by atoms with Crippen molar-refractivity contribution < 1.29 is 13.3 Å². The third-order valence-corrected chi connectivity index (χ3v) is 4.41. The van der Waals surface area contributed by atoms with E-state index in [0.29, 0.717) is 6.54 Å². The first-order chi connectivity index (χ1) is 9.40. The van der Waals surface area contributed by atoms with Crippen LogP contribution in [-0.2, 0) is 10.0 Å². The van der Waals surface area contributed by atoms with Crippen LogP contribution in [0.3, 0.4) is 0 Å². The number of nitrogens with one attached hydrogen (secondary N) is 1. The van der Waals surface area contributed by atoms with E-state index in [1.165, 1.54) is 18.2 Å². The molecule has 1 aromatic carbocycles. The number of nitro groups is 1. The number of benzene rings is 1. The predicted octanol–water partition coefficient (Wildman–Crippen LogP) is 1.64. The highest BCUT2D eigenvalue weighted by atomic mass is 35.5. The molecule has 0 radical (unpaired) electrons. The van der Waals surface area contributed by atoms with E-state index in [1.54, 1.807) is 0 Å². The zero-order valence-electron chi connectivity index (χ0n) is 12.0. The van der Waals surface area contributed by atoms with Crippen molar-refractivity contribution in [3.63, 3.8) is 0 Å². The van der Waals surface area contributed by atoms with Crippen molar-refractivity contribution in [3.05, 3.63) is 34.4 Å². The Morgan fingerprint density at radius 2 is 1.90 bits per heavy atom. The fourth-order valence-corrected chi connectivity index (χ4v) is 2.79. The summed E-state index contributed by atoms with van der Waals surface area (Å²) < 4.78 is 26.5. The summed E-state index contributed by atoms with van der Waals surface area (Å²) in [6.45, 7) is 6.55. The molecule has 120 valence electrons. The Hall–Kier alpha value is -1.22. The second kappa shape index (κ2) is 8.93. The number of likely N-dealkylation sites (N-methyl/N-ethyl adjacent to an activating group) is 1. The van der Waals surface area contributed by atoms with Crippen LogP contribution >= 0.6 is 12.4 Å². The summed E-state index contributed by atoms with van der Waals surface area (Å²) in [4.78, 5) is 12.0. The van der Waals surface area contributed by atoms with E-state index in [4.69, 9.17) is 0 Å². The highest BCUT2D eigenvalue weighted by Gasteiger charge is 2.17. The maximum Gasteiger partial charge on any atom is 0.270 e. The Morgan fingerprint density at radius 3 is 2.43 bits per heavy atom. The Balaban J connectivity index is 0.00000400. The smallest absolute Gasteiger partial charge is 0.270 e. The van der Waals surface area contributed by atoms with Crippen LogP contribution in [0, 0.1) is 10.1 Å². The SMILES string of the molecule is CCN(CC)CCNS(=O)(=O)c1cccc([N+](=O)[O-])c1.Cl. The van der Waals surface area contributed by atoms with Crippen LogP contribution in [0.25, 0.3) is 0 Å². The summed E-state index contributed by atoms with van der Waals surface area (Å²) in [6, 6.07) is 5.01. The second-order valence-corrected chi connectivity index (χ2v) is 5.95. The molecule has 7 nitrogen and oxygen atoms in total. The first kappa shape index (κ1) is 19.8. The minimum absolute atomic E-state index is 0. The van der Waals surface area contributed by atoms with E-state index in [-0.39, 0.29) is 29.5 Å². The molecule has 0 heterocycles. The summed E-state index contributed by atoms with van der Waals surface area (Å²) in [7, 11) is -3.71. The van der Waals surface area contributed by atoms with Gasteiger partial charge < -0.3 is 4.90 Å². The molecule has 0 amide bonds. The Bertz CT molecular complexity index is 561. The van der Waals surface area contributed by atoms with Crippen LogP contribution < -0.4 is 4.72 Å². The van der Waals surface area contributed by atoms with Crippen LogP contribution in [0.15, 0.2) is 29.2 Å². The third-order valence-electron chi connectivity index (χ3n) is 2.95. The highest BCUT2D eigenvalue weighted by Crippen LogP contribution is 2.16. The van der Waals surface area contributed by atoms with Crippen molar-refractivity contribution in [2.24, 2.45) is 0 Å². The molecule has 0 bridgehead atoms. The molecule has 0 aliphatic carbocycles. The normalized spacial score (nSPS) is 11.2. The quantitative estimate of drug-likeness (QED) is 0.575. The van der Waals surface area contributed by atoms with Crippen LogP contribution in [0.4, 0.5) is 5.69 Å². The number of hydrogen-bond donors (Lipinski definition) is 1. The molecular weight excluding hydrogens is 318 g/mol. The zero-order chi connectivity index (χ0) is 15.2. The Kier molecular flexibility index (Phi) is 8.41. The van der Waals surface area contributed by atoms with Gasteiger partial charge in [-0.25, -0.2) is 13.1 Å². The molecule has 0 aromatic heterocycles. The molecule has 0 aliphatic heterocycles. The molecule has 9 heteroatoms. The largest absolute Gasteiger partial charge is 0.303 e. The Morgan fingerprint density at radius 1 is 1.29 bits per heavy atom. The number of non-ortho nitro benzene ring substituents is 1.